The van der Waals surface area contributed by atoms with Crippen LogP contribution >= 0.6 is 11.3 Å². The van der Waals surface area contributed by atoms with Crippen molar-refractivity contribution in [3.8, 4) is 0 Å². The maximum absolute atomic E-state index is 12.6. The topological polar surface area (TPSA) is 46.6 Å². The van der Waals surface area contributed by atoms with Crippen LogP contribution in [0.4, 0.5) is 0 Å². The monoisotopic (exact) mass is 313 g/mol. The fourth-order valence-electron chi connectivity index (χ4n) is 2.41. The summed E-state index contributed by atoms with van der Waals surface area (Å²) < 4.78 is 5.12. The second-order valence-electron chi connectivity index (χ2n) is 4.81. The highest BCUT2D eigenvalue weighted by molar-refractivity contribution is 7.10. The van der Waals surface area contributed by atoms with E-state index in [1.807, 2.05) is 35.7 Å². The molecule has 4 nitrogen and oxygen atoms in total. The molecule has 0 aliphatic carbocycles. The van der Waals surface area contributed by atoms with Crippen molar-refractivity contribution in [2.75, 3.05) is 6.61 Å². The highest BCUT2D eigenvalue weighted by atomic mass is 32.1. The average molecular weight is 313 g/mol. The molecule has 1 amide bonds. The molecule has 1 aliphatic rings. The first-order valence-corrected chi connectivity index (χ1v) is 7.90. The fraction of sp³-hybridized carbons (Fsp3) is 0.176. The van der Waals surface area contributed by atoms with Crippen LogP contribution < -0.4 is 0 Å². The fourth-order valence-corrected chi connectivity index (χ4v) is 3.06. The van der Waals surface area contributed by atoms with E-state index in [1.54, 1.807) is 19.1 Å². The minimum atomic E-state index is -0.475. The Kier molecular flexibility index (Phi) is 4.06. The zero-order chi connectivity index (χ0) is 15.5. The number of ether oxygens (including phenoxy) is 1. The van der Waals surface area contributed by atoms with Gasteiger partial charge >= 0.3 is 5.97 Å². The van der Waals surface area contributed by atoms with Gasteiger partial charge in [0.1, 0.15) is 5.70 Å². The van der Waals surface area contributed by atoms with Gasteiger partial charge in [-0.25, -0.2) is 4.79 Å². The lowest BCUT2D eigenvalue weighted by Gasteiger charge is -2.18. The Balaban J connectivity index is 1.98. The number of thiophene rings is 1. The smallest absolute Gasteiger partial charge is 0.355 e. The van der Waals surface area contributed by atoms with Gasteiger partial charge in [-0.2, -0.15) is 0 Å². The van der Waals surface area contributed by atoms with Crippen LogP contribution in [0.25, 0.3) is 6.08 Å². The third-order valence-electron chi connectivity index (χ3n) is 3.42. The third-order valence-corrected chi connectivity index (χ3v) is 4.24. The molecule has 0 saturated heterocycles. The van der Waals surface area contributed by atoms with Crippen LogP contribution in [0.5, 0.6) is 0 Å². The number of hydrogen-bond acceptors (Lipinski definition) is 4. The molecule has 0 spiro atoms. The lowest BCUT2D eigenvalue weighted by Crippen LogP contribution is -2.29. The van der Waals surface area contributed by atoms with E-state index in [9.17, 15) is 9.59 Å². The van der Waals surface area contributed by atoms with Gasteiger partial charge < -0.3 is 4.74 Å². The molecule has 22 heavy (non-hydrogen) atoms. The highest BCUT2D eigenvalue weighted by Crippen LogP contribution is 2.28. The Labute approximate surface area is 132 Å². The van der Waals surface area contributed by atoms with Gasteiger partial charge in [0.05, 0.1) is 13.2 Å². The quantitative estimate of drug-likeness (QED) is 0.642. The number of esters is 1. The molecule has 3 rings (SSSR count). The molecule has 0 unspecified atom stereocenters. The molecule has 1 aromatic carbocycles. The molecule has 2 aromatic rings. The Morgan fingerprint density at radius 3 is 2.82 bits per heavy atom. The molecule has 112 valence electrons. The van der Waals surface area contributed by atoms with Gasteiger partial charge in [-0.05, 0) is 36.1 Å². The summed E-state index contributed by atoms with van der Waals surface area (Å²) in [5, 5.41) is 1.93. The number of carbonyl (C=O) groups excluding carboxylic acids is 2. The van der Waals surface area contributed by atoms with Crippen molar-refractivity contribution >= 4 is 29.3 Å². The Morgan fingerprint density at radius 2 is 2.14 bits per heavy atom. The van der Waals surface area contributed by atoms with E-state index >= 15 is 0 Å². The molecule has 0 N–H and O–H groups in total. The summed E-state index contributed by atoms with van der Waals surface area (Å²) in [6, 6.07) is 11.2. The van der Waals surface area contributed by atoms with Gasteiger partial charge in [-0.3, -0.25) is 9.69 Å². The van der Waals surface area contributed by atoms with Crippen molar-refractivity contribution in [1.82, 2.24) is 4.90 Å². The number of fused-ring (bicyclic) bond motifs is 1. The second-order valence-corrected chi connectivity index (χ2v) is 5.79. The van der Waals surface area contributed by atoms with Crippen molar-refractivity contribution in [3.63, 3.8) is 0 Å². The first kappa shape index (κ1) is 14.5. The van der Waals surface area contributed by atoms with E-state index in [-0.39, 0.29) is 18.2 Å². The summed E-state index contributed by atoms with van der Waals surface area (Å²) in [6.45, 7) is 2.42. The van der Waals surface area contributed by atoms with E-state index in [2.05, 4.69) is 0 Å². The standard InChI is InChI=1S/C17H15NO3S/c1-2-21-17(20)15(10-13-7-5-9-22-13)18-11-12-6-3-4-8-14(12)16(18)19/h3-10H,2,11H2,1H3/b15-10-. The summed E-state index contributed by atoms with van der Waals surface area (Å²) in [4.78, 5) is 27.2. The number of rotatable bonds is 4. The van der Waals surface area contributed by atoms with Crippen LogP contribution in [-0.2, 0) is 16.1 Å². The summed E-state index contributed by atoms with van der Waals surface area (Å²) in [7, 11) is 0. The SMILES string of the molecule is CCOC(=O)/C(=C/c1cccs1)N1Cc2ccccc2C1=O. The third kappa shape index (κ3) is 2.67. The van der Waals surface area contributed by atoms with Crippen LogP contribution in [0.3, 0.4) is 0 Å². The van der Waals surface area contributed by atoms with Gasteiger partial charge in [-0.15, -0.1) is 11.3 Å². The molecular formula is C17H15NO3S. The van der Waals surface area contributed by atoms with Gasteiger partial charge in [-0.1, -0.05) is 24.3 Å². The van der Waals surface area contributed by atoms with Crippen molar-refractivity contribution in [2.24, 2.45) is 0 Å². The molecule has 0 saturated carbocycles. The number of hydrogen-bond donors (Lipinski definition) is 0. The van der Waals surface area contributed by atoms with Crippen molar-refractivity contribution in [3.05, 3.63) is 63.5 Å². The molecule has 1 aliphatic heterocycles. The minimum absolute atomic E-state index is 0.161. The molecule has 5 heteroatoms. The van der Waals surface area contributed by atoms with E-state index < -0.39 is 5.97 Å². The van der Waals surface area contributed by atoms with Crippen LogP contribution in [-0.4, -0.2) is 23.4 Å². The second kappa shape index (κ2) is 6.15. The van der Waals surface area contributed by atoms with Crippen LogP contribution in [0, 0.1) is 0 Å². The van der Waals surface area contributed by atoms with Crippen molar-refractivity contribution in [1.29, 1.82) is 0 Å². The van der Waals surface area contributed by atoms with Gasteiger partial charge in [0.25, 0.3) is 5.91 Å². The molecular weight excluding hydrogens is 298 g/mol. The van der Waals surface area contributed by atoms with Crippen LogP contribution in [0.2, 0.25) is 0 Å². The number of amides is 1. The summed E-state index contributed by atoms with van der Waals surface area (Å²) in [6.07, 6.45) is 1.71. The zero-order valence-corrected chi connectivity index (χ0v) is 12.9. The number of benzene rings is 1. The van der Waals surface area contributed by atoms with Crippen molar-refractivity contribution < 1.29 is 14.3 Å². The molecule has 0 atom stereocenters. The van der Waals surface area contributed by atoms with E-state index in [0.717, 1.165) is 10.4 Å². The Hall–Kier alpha value is -2.40. The van der Waals surface area contributed by atoms with Crippen molar-refractivity contribution in [2.45, 2.75) is 13.5 Å². The minimum Gasteiger partial charge on any atom is -0.461 e. The molecule has 1 aromatic heterocycles. The Morgan fingerprint density at radius 1 is 1.32 bits per heavy atom. The normalized spacial score (nSPS) is 14.1. The lowest BCUT2D eigenvalue weighted by atomic mass is 10.1. The maximum atomic E-state index is 12.6. The molecule has 2 heterocycles. The highest BCUT2D eigenvalue weighted by Gasteiger charge is 2.32. The van der Waals surface area contributed by atoms with Gasteiger partial charge in [0.2, 0.25) is 0 Å². The number of carbonyl (C=O) groups is 2. The molecule has 0 radical (unpaired) electrons. The summed E-state index contributed by atoms with van der Waals surface area (Å²) in [5.41, 5.74) is 1.85. The molecule has 0 bridgehead atoms. The van der Waals surface area contributed by atoms with Gasteiger partial charge in [0, 0.05) is 10.4 Å². The van der Waals surface area contributed by atoms with E-state index in [1.165, 1.54) is 16.2 Å². The summed E-state index contributed by atoms with van der Waals surface area (Å²) in [5.74, 6) is -0.636. The van der Waals surface area contributed by atoms with Gasteiger partial charge in [0.15, 0.2) is 0 Å². The first-order chi connectivity index (χ1) is 10.7. The predicted octanol–water partition coefficient (Wildman–Crippen LogP) is 3.31. The van der Waals surface area contributed by atoms with Crippen LogP contribution in [0.15, 0.2) is 47.5 Å². The average Bonchev–Trinajstić information content (AvgIpc) is 3.14. The van der Waals surface area contributed by atoms with Crippen LogP contribution in [0.1, 0.15) is 27.7 Å². The lowest BCUT2D eigenvalue weighted by molar-refractivity contribution is -0.139. The zero-order valence-electron chi connectivity index (χ0n) is 12.1. The van der Waals surface area contributed by atoms with E-state index in [4.69, 9.17) is 4.74 Å². The Bertz CT molecular complexity index is 734. The maximum Gasteiger partial charge on any atom is 0.355 e. The molecule has 0 fully saturated rings. The summed E-state index contributed by atoms with van der Waals surface area (Å²) >= 11 is 1.51. The predicted molar refractivity (Wildman–Crippen MR) is 85.2 cm³/mol. The first-order valence-electron chi connectivity index (χ1n) is 7.03. The number of nitrogens with zero attached hydrogens (tertiary/aromatic N) is 1. The largest absolute Gasteiger partial charge is 0.461 e. The van der Waals surface area contributed by atoms with E-state index in [0.29, 0.717) is 12.1 Å².